The number of anilines is 2. The number of hydrogen-bond donors (Lipinski definition) is 1. The van der Waals surface area contributed by atoms with E-state index < -0.39 is 9.84 Å². The van der Waals surface area contributed by atoms with E-state index in [1.54, 1.807) is 4.68 Å². The van der Waals surface area contributed by atoms with Crippen LogP contribution in [0.4, 0.5) is 11.5 Å². The van der Waals surface area contributed by atoms with Crippen molar-refractivity contribution in [3.05, 3.63) is 5.69 Å². The molecule has 1 fully saturated rings. The Morgan fingerprint density at radius 3 is 2.53 bits per heavy atom. The average molecular weight is 286 g/mol. The van der Waals surface area contributed by atoms with Crippen LogP contribution >= 0.6 is 0 Å². The van der Waals surface area contributed by atoms with Gasteiger partial charge in [0.2, 0.25) is 0 Å². The first-order chi connectivity index (χ1) is 8.73. The quantitative estimate of drug-likeness (QED) is 0.886. The Morgan fingerprint density at radius 2 is 2.11 bits per heavy atom. The zero-order valence-electron chi connectivity index (χ0n) is 11.9. The van der Waals surface area contributed by atoms with Gasteiger partial charge >= 0.3 is 0 Å². The van der Waals surface area contributed by atoms with E-state index in [0.29, 0.717) is 12.1 Å². The van der Waals surface area contributed by atoms with Gasteiger partial charge in [0.25, 0.3) is 0 Å². The summed E-state index contributed by atoms with van der Waals surface area (Å²) in [4.78, 5) is 1.96. The van der Waals surface area contributed by atoms with E-state index in [9.17, 15) is 8.42 Å². The molecule has 0 spiro atoms. The van der Waals surface area contributed by atoms with Gasteiger partial charge in [0.1, 0.15) is 5.82 Å². The fourth-order valence-electron chi connectivity index (χ4n) is 2.65. The zero-order chi connectivity index (χ0) is 14.4. The van der Waals surface area contributed by atoms with E-state index in [1.165, 1.54) is 0 Å². The lowest BCUT2D eigenvalue weighted by atomic mass is 10.1. The lowest BCUT2D eigenvalue weighted by Gasteiger charge is -2.25. The third kappa shape index (κ3) is 2.56. The van der Waals surface area contributed by atoms with Crippen LogP contribution in [-0.4, -0.2) is 42.8 Å². The summed E-state index contributed by atoms with van der Waals surface area (Å²) in [5.74, 6) is 1.52. The number of hydrogen-bond acceptors (Lipinski definition) is 5. The molecule has 0 aliphatic carbocycles. The summed E-state index contributed by atoms with van der Waals surface area (Å²) in [6.07, 6.45) is 0.653. The Kier molecular flexibility index (Phi) is 3.51. The lowest BCUT2D eigenvalue weighted by Crippen LogP contribution is -2.34. The predicted octanol–water partition coefficient (Wildman–Crippen LogP) is 0.749. The topological polar surface area (TPSA) is 81.2 Å². The van der Waals surface area contributed by atoms with Crippen molar-refractivity contribution < 1.29 is 8.42 Å². The predicted molar refractivity (Wildman–Crippen MR) is 77.2 cm³/mol. The maximum atomic E-state index is 11.6. The van der Waals surface area contributed by atoms with Crippen molar-refractivity contribution in [1.29, 1.82) is 0 Å². The number of sulfone groups is 1. The second-order valence-electron chi connectivity index (χ2n) is 5.57. The number of rotatable bonds is 3. The molecule has 1 saturated heterocycles. The highest BCUT2D eigenvalue weighted by Crippen LogP contribution is 2.32. The Morgan fingerprint density at radius 1 is 1.47 bits per heavy atom. The van der Waals surface area contributed by atoms with Crippen molar-refractivity contribution in [3.8, 4) is 0 Å². The van der Waals surface area contributed by atoms with Gasteiger partial charge in [0, 0.05) is 20.1 Å². The van der Waals surface area contributed by atoms with Crippen molar-refractivity contribution in [2.24, 2.45) is 7.05 Å². The maximum Gasteiger partial charge on any atom is 0.152 e. The van der Waals surface area contributed by atoms with Crippen LogP contribution in [0.1, 0.15) is 31.9 Å². The molecule has 6 nitrogen and oxygen atoms in total. The van der Waals surface area contributed by atoms with E-state index in [0.717, 1.165) is 11.5 Å². The van der Waals surface area contributed by atoms with Crippen LogP contribution in [-0.2, 0) is 16.9 Å². The molecule has 1 aromatic rings. The molecule has 108 valence electrons. The minimum Gasteiger partial charge on any atom is -0.394 e. The molecule has 0 aromatic carbocycles. The summed E-state index contributed by atoms with van der Waals surface area (Å²) >= 11 is 0. The van der Waals surface area contributed by atoms with Crippen LogP contribution in [0.2, 0.25) is 0 Å². The van der Waals surface area contributed by atoms with E-state index in [2.05, 4.69) is 5.10 Å². The normalized spacial score (nSPS) is 22.1. The van der Waals surface area contributed by atoms with E-state index >= 15 is 0 Å². The summed E-state index contributed by atoms with van der Waals surface area (Å²) in [7, 11) is 0.841. The van der Waals surface area contributed by atoms with Gasteiger partial charge in [0.15, 0.2) is 9.84 Å². The highest BCUT2D eigenvalue weighted by atomic mass is 32.2. The molecule has 1 unspecified atom stereocenters. The third-order valence-electron chi connectivity index (χ3n) is 3.72. The van der Waals surface area contributed by atoms with Gasteiger partial charge in [-0.1, -0.05) is 13.8 Å². The first kappa shape index (κ1) is 14.2. The summed E-state index contributed by atoms with van der Waals surface area (Å²) in [6, 6.07) is -0.0114. The number of nitrogen functional groups attached to an aromatic ring is 1. The molecule has 1 aromatic heterocycles. The largest absolute Gasteiger partial charge is 0.394 e. The molecule has 19 heavy (non-hydrogen) atoms. The maximum absolute atomic E-state index is 11.6. The monoisotopic (exact) mass is 286 g/mol. The van der Waals surface area contributed by atoms with Crippen LogP contribution in [0.15, 0.2) is 0 Å². The molecule has 0 saturated carbocycles. The molecule has 2 N–H and O–H groups in total. The smallest absolute Gasteiger partial charge is 0.152 e. The van der Waals surface area contributed by atoms with Gasteiger partial charge in [0.05, 0.1) is 22.9 Å². The molecule has 0 radical (unpaired) electrons. The summed E-state index contributed by atoms with van der Waals surface area (Å²) in [6.45, 7) is 4.09. The van der Waals surface area contributed by atoms with Crippen molar-refractivity contribution >= 4 is 21.3 Å². The summed E-state index contributed by atoms with van der Waals surface area (Å²) < 4.78 is 24.9. The van der Waals surface area contributed by atoms with Crippen LogP contribution in [0.25, 0.3) is 0 Å². The molecular formula is C12H22N4O2S. The van der Waals surface area contributed by atoms with Crippen molar-refractivity contribution in [2.45, 2.75) is 32.2 Å². The molecule has 1 aliphatic heterocycles. The van der Waals surface area contributed by atoms with E-state index in [-0.39, 0.29) is 23.5 Å². The highest BCUT2D eigenvalue weighted by Gasteiger charge is 2.33. The SMILES string of the molecule is CC(C)c1nn(C)c(N(C)C2CCS(=O)(=O)C2)c1N. The van der Waals surface area contributed by atoms with Crippen molar-refractivity contribution in [2.75, 3.05) is 29.2 Å². The standard InChI is InChI=1S/C12H22N4O2S/c1-8(2)11-10(13)12(16(4)14-11)15(3)9-5-6-19(17,18)7-9/h8-9H,5-7,13H2,1-4H3. The molecule has 0 bridgehead atoms. The molecular weight excluding hydrogens is 264 g/mol. The Hall–Kier alpha value is -1.24. The third-order valence-corrected chi connectivity index (χ3v) is 5.47. The fraction of sp³-hybridized carbons (Fsp3) is 0.750. The van der Waals surface area contributed by atoms with Crippen LogP contribution in [0.3, 0.4) is 0 Å². The van der Waals surface area contributed by atoms with Gasteiger partial charge < -0.3 is 10.6 Å². The number of nitrogens with two attached hydrogens (primary N) is 1. The average Bonchev–Trinajstić information content (AvgIpc) is 2.79. The van der Waals surface area contributed by atoms with E-state index in [1.807, 2.05) is 32.8 Å². The first-order valence-corrected chi connectivity index (χ1v) is 8.30. The second kappa shape index (κ2) is 4.70. The molecule has 7 heteroatoms. The molecule has 0 amide bonds. The van der Waals surface area contributed by atoms with E-state index in [4.69, 9.17) is 5.73 Å². The van der Waals surface area contributed by atoms with Crippen LogP contribution < -0.4 is 10.6 Å². The molecule has 1 aliphatic rings. The minimum atomic E-state index is -2.90. The molecule has 2 rings (SSSR count). The first-order valence-electron chi connectivity index (χ1n) is 6.48. The number of aromatic nitrogens is 2. The minimum absolute atomic E-state index is 0.0114. The van der Waals surface area contributed by atoms with Gasteiger partial charge in [-0.15, -0.1) is 0 Å². The Balaban J connectivity index is 2.32. The summed E-state index contributed by atoms with van der Waals surface area (Å²) in [5, 5.41) is 4.44. The van der Waals surface area contributed by atoms with Crippen LogP contribution in [0, 0.1) is 0 Å². The summed E-state index contributed by atoms with van der Waals surface area (Å²) in [5.41, 5.74) is 7.69. The molecule has 2 heterocycles. The highest BCUT2D eigenvalue weighted by molar-refractivity contribution is 7.91. The van der Waals surface area contributed by atoms with Crippen molar-refractivity contribution in [3.63, 3.8) is 0 Å². The molecule has 1 atom stereocenters. The fourth-order valence-corrected chi connectivity index (χ4v) is 4.42. The number of aryl methyl sites for hydroxylation is 1. The second-order valence-corrected chi connectivity index (χ2v) is 7.80. The Labute approximate surface area is 114 Å². The Bertz CT molecular complexity index is 577. The number of nitrogens with zero attached hydrogens (tertiary/aromatic N) is 3. The van der Waals surface area contributed by atoms with Gasteiger partial charge in [-0.3, -0.25) is 4.68 Å². The van der Waals surface area contributed by atoms with Gasteiger partial charge in [-0.25, -0.2) is 8.42 Å². The van der Waals surface area contributed by atoms with Gasteiger partial charge in [-0.2, -0.15) is 5.10 Å². The lowest BCUT2D eigenvalue weighted by molar-refractivity contribution is 0.600. The van der Waals surface area contributed by atoms with Gasteiger partial charge in [-0.05, 0) is 12.3 Å². The van der Waals surface area contributed by atoms with Crippen LogP contribution in [0.5, 0.6) is 0 Å². The van der Waals surface area contributed by atoms with Crippen molar-refractivity contribution in [1.82, 2.24) is 9.78 Å². The zero-order valence-corrected chi connectivity index (χ0v) is 12.7.